The van der Waals surface area contributed by atoms with Crippen LogP contribution in [0.25, 0.3) is 0 Å². The lowest BCUT2D eigenvalue weighted by molar-refractivity contribution is 0.309. The predicted molar refractivity (Wildman–Crippen MR) is 84.6 cm³/mol. The number of thiophene rings is 1. The molecule has 0 bridgehead atoms. The Labute approximate surface area is 131 Å². The molecule has 0 fully saturated rings. The number of nitrogens with zero attached hydrogens (tertiary/aromatic N) is 1. The first kappa shape index (κ1) is 13.6. The second-order valence-electron chi connectivity index (χ2n) is 3.51. The van der Waals surface area contributed by atoms with Crippen LogP contribution in [-0.4, -0.2) is 0 Å². The molecule has 0 amide bonds. The van der Waals surface area contributed by atoms with Crippen LogP contribution >= 0.6 is 49.9 Å². The highest BCUT2D eigenvalue weighted by molar-refractivity contribution is 14.1. The first-order chi connectivity index (χ1) is 8.60. The number of nitrogen functional groups attached to an aromatic ring is 1. The van der Waals surface area contributed by atoms with E-state index in [0.29, 0.717) is 23.6 Å². The fraction of sp³-hybridized carbons (Fsp3) is 0.0833. The first-order valence-corrected chi connectivity index (χ1v) is 7.70. The Kier molecular flexibility index (Phi) is 4.48. The summed E-state index contributed by atoms with van der Waals surface area (Å²) in [6.45, 7) is 0.475. The van der Waals surface area contributed by atoms with E-state index in [0.717, 1.165) is 12.9 Å². The third-order valence-corrected chi connectivity index (χ3v) is 4.65. The van der Waals surface area contributed by atoms with Crippen molar-refractivity contribution in [1.29, 1.82) is 5.26 Å². The lowest BCUT2D eigenvalue weighted by atomic mass is 10.2. The SMILES string of the molecule is N#Cc1cc(N)c(OCc2cc(Br)cs2)c(I)c1. The van der Waals surface area contributed by atoms with Crippen LogP contribution in [0.15, 0.2) is 28.1 Å². The van der Waals surface area contributed by atoms with Gasteiger partial charge in [-0.1, -0.05) is 0 Å². The number of benzene rings is 1. The molecule has 0 aliphatic rings. The highest BCUT2D eigenvalue weighted by Gasteiger charge is 2.09. The van der Waals surface area contributed by atoms with Gasteiger partial charge < -0.3 is 10.5 Å². The molecule has 2 aromatic rings. The number of anilines is 1. The van der Waals surface area contributed by atoms with Crippen molar-refractivity contribution in [3.63, 3.8) is 0 Å². The number of ether oxygens (including phenoxy) is 1. The molecule has 92 valence electrons. The van der Waals surface area contributed by atoms with E-state index in [-0.39, 0.29) is 0 Å². The smallest absolute Gasteiger partial charge is 0.156 e. The Morgan fingerprint density at radius 2 is 2.22 bits per heavy atom. The molecule has 2 N–H and O–H groups in total. The van der Waals surface area contributed by atoms with Crippen LogP contribution in [0.5, 0.6) is 5.75 Å². The molecule has 0 spiro atoms. The minimum atomic E-state index is 0.475. The van der Waals surface area contributed by atoms with Gasteiger partial charge in [-0.15, -0.1) is 11.3 Å². The fourth-order valence-electron chi connectivity index (χ4n) is 1.40. The third-order valence-electron chi connectivity index (χ3n) is 2.18. The molecule has 6 heteroatoms. The van der Waals surface area contributed by atoms with Crippen LogP contribution in [0.3, 0.4) is 0 Å². The monoisotopic (exact) mass is 434 g/mol. The van der Waals surface area contributed by atoms with E-state index in [2.05, 4.69) is 44.6 Å². The zero-order valence-corrected chi connectivity index (χ0v) is 13.7. The van der Waals surface area contributed by atoms with Crippen molar-refractivity contribution in [3.05, 3.63) is 42.1 Å². The average Bonchev–Trinajstić information content (AvgIpc) is 2.73. The molecule has 1 aromatic heterocycles. The van der Waals surface area contributed by atoms with E-state index in [1.807, 2.05) is 11.4 Å². The second-order valence-corrected chi connectivity index (χ2v) is 6.58. The molecule has 0 saturated carbocycles. The molecule has 0 aliphatic heterocycles. The van der Waals surface area contributed by atoms with Crippen molar-refractivity contribution in [2.75, 3.05) is 5.73 Å². The summed E-state index contributed by atoms with van der Waals surface area (Å²) in [7, 11) is 0. The average molecular weight is 435 g/mol. The van der Waals surface area contributed by atoms with Gasteiger partial charge in [0.1, 0.15) is 6.61 Å². The van der Waals surface area contributed by atoms with Gasteiger partial charge in [-0.3, -0.25) is 0 Å². The largest absolute Gasteiger partial charge is 0.485 e. The molecule has 0 atom stereocenters. The van der Waals surface area contributed by atoms with Crippen LogP contribution < -0.4 is 10.5 Å². The number of hydrogen-bond acceptors (Lipinski definition) is 4. The Bertz CT molecular complexity index is 598. The van der Waals surface area contributed by atoms with E-state index in [9.17, 15) is 0 Å². The van der Waals surface area contributed by atoms with Crippen LogP contribution in [0.2, 0.25) is 0 Å². The first-order valence-electron chi connectivity index (χ1n) is 4.95. The van der Waals surface area contributed by atoms with Gasteiger partial charge in [-0.25, -0.2) is 0 Å². The van der Waals surface area contributed by atoms with Crippen LogP contribution in [0.4, 0.5) is 5.69 Å². The van der Waals surface area contributed by atoms with Crippen LogP contribution in [0.1, 0.15) is 10.4 Å². The van der Waals surface area contributed by atoms with E-state index in [4.69, 9.17) is 15.7 Å². The van der Waals surface area contributed by atoms with E-state index in [1.165, 1.54) is 0 Å². The standard InChI is InChI=1S/C12H8BrIN2OS/c13-8-3-9(18-6-8)5-17-12-10(14)1-7(4-15)2-11(12)16/h1-3,6H,5,16H2. The van der Waals surface area contributed by atoms with Gasteiger partial charge in [0.2, 0.25) is 0 Å². The predicted octanol–water partition coefficient (Wildman–Crippen LogP) is 4.15. The number of nitriles is 1. The van der Waals surface area contributed by atoms with Gasteiger partial charge in [0.05, 0.1) is 20.9 Å². The van der Waals surface area contributed by atoms with Gasteiger partial charge in [-0.2, -0.15) is 5.26 Å². The molecule has 1 aromatic carbocycles. The van der Waals surface area contributed by atoms with Gasteiger partial charge in [0.25, 0.3) is 0 Å². The molecular formula is C12H8BrIN2OS. The normalized spacial score (nSPS) is 10.1. The second kappa shape index (κ2) is 5.91. The highest BCUT2D eigenvalue weighted by Crippen LogP contribution is 2.31. The summed E-state index contributed by atoms with van der Waals surface area (Å²) in [6, 6.07) is 7.47. The summed E-state index contributed by atoms with van der Waals surface area (Å²) in [5.74, 6) is 0.638. The van der Waals surface area contributed by atoms with Gasteiger partial charge in [0.15, 0.2) is 5.75 Å². The third kappa shape index (κ3) is 3.16. The molecule has 3 nitrogen and oxygen atoms in total. The fourth-order valence-corrected chi connectivity index (χ4v) is 3.57. The van der Waals surface area contributed by atoms with Crippen LogP contribution in [-0.2, 0) is 6.61 Å². The molecular weight excluding hydrogens is 427 g/mol. The maximum absolute atomic E-state index is 8.83. The highest BCUT2D eigenvalue weighted by atomic mass is 127. The molecule has 1 heterocycles. The van der Waals surface area contributed by atoms with E-state index < -0.39 is 0 Å². The number of rotatable bonds is 3. The van der Waals surface area contributed by atoms with Crippen molar-refractivity contribution in [1.82, 2.24) is 0 Å². The molecule has 0 saturated heterocycles. The molecule has 0 aliphatic carbocycles. The number of hydrogen-bond donors (Lipinski definition) is 1. The topological polar surface area (TPSA) is 59.0 Å². The van der Waals surface area contributed by atoms with Crippen molar-refractivity contribution in [2.45, 2.75) is 6.61 Å². The van der Waals surface area contributed by atoms with Crippen LogP contribution in [0, 0.1) is 14.9 Å². The zero-order valence-electron chi connectivity index (χ0n) is 9.11. The Balaban J connectivity index is 2.17. The van der Waals surface area contributed by atoms with Gasteiger partial charge in [-0.05, 0) is 56.7 Å². The quantitative estimate of drug-likeness (QED) is 0.583. The molecule has 2 rings (SSSR count). The van der Waals surface area contributed by atoms with Crippen molar-refractivity contribution < 1.29 is 4.74 Å². The van der Waals surface area contributed by atoms with Crippen molar-refractivity contribution in [3.8, 4) is 11.8 Å². The van der Waals surface area contributed by atoms with E-state index >= 15 is 0 Å². The Hall–Kier alpha value is -0.780. The molecule has 0 radical (unpaired) electrons. The summed E-state index contributed by atoms with van der Waals surface area (Å²) in [6.07, 6.45) is 0. The summed E-state index contributed by atoms with van der Waals surface area (Å²) in [5.41, 5.74) is 6.92. The minimum Gasteiger partial charge on any atom is -0.485 e. The number of nitrogens with two attached hydrogens (primary N) is 1. The van der Waals surface area contributed by atoms with E-state index in [1.54, 1.807) is 23.5 Å². The minimum absolute atomic E-state index is 0.475. The lowest BCUT2D eigenvalue weighted by Gasteiger charge is -2.10. The number of halogens is 2. The lowest BCUT2D eigenvalue weighted by Crippen LogP contribution is -2.00. The zero-order chi connectivity index (χ0) is 13.1. The van der Waals surface area contributed by atoms with Gasteiger partial charge >= 0.3 is 0 Å². The maximum atomic E-state index is 8.83. The van der Waals surface area contributed by atoms with Crippen molar-refractivity contribution in [2.24, 2.45) is 0 Å². The molecule has 0 unspecified atom stereocenters. The Morgan fingerprint density at radius 1 is 1.44 bits per heavy atom. The molecule has 18 heavy (non-hydrogen) atoms. The Morgan fingerprint density at radius 3 is 2.78 bits per heavy atom. The summed E-state index contributed by atoms with van der Waals surface area (Å²) in [4.78, 5) is 1.11. The summed E-state index contributed by atoms with van der Waals surface area (Å²) >= 11 is 7.14. The summed E-state index contributed by atoms with van der Waals surface area (Å²) in [5, 5.41) is 10.8. The van der Waals surface area contributed by atoms with Crippen molar-refractivity contribution >= 4 is 55.5 Å². The maximum Gasteiger partial charge on any atom is 0.156 e. The summed E-state index contributed by atoms with van der Waals surface area (Å²) < 4.78 is 7.61. The van der Waals surface area contributed by atoms with Gasteiger partial charge in [0, 0.05) is 14.7 Å².